The number of carbonyl (C=O) groups excluding carboxylic acids is 1. The molecule has 1 heterocycles. The standard InChI is InChI=1S/C12H16N2O/c1-2-3-4-5-6-7-12(15)11-10-13-8-9-14-11/h2,8-10H,1,3-7H2. The van der Waals surface area contributed by atoms with E-state index < -0.39 is 0 Å². The number of rotatable bonds is 7. The monoisotopic (exact) mass is 204 g/mol. The van der Waals surface area contributed by atoms with Crippen LogP contribution in [0.4, 0.5) is 0 Å². The van der Waals surface area contributed by atoms with Crippen LogP contribution in [0.3, 0.4) is 0 Å². The normalized spacial score (nSPS) is 9.87. The van der Waals surface area contributed by atoms with Crippen molar-refractivity contribution in [1.82, 2.24) is 9.97 Å². The number of hydrogen-bond donors (Lipinski definition) is 0. The first-order valence-electron chi connectivity index (χ1n) is 5.24. The average Bonchev–Trinajstić information content (AvgIpc) is 2.30. The summed E-state index contributed by atoms with van der Waals surface area (Å²) < 4.78 is 0. The predicted octanol–water partition coefficient (Wildman–Crippen LogP) is 2.80. The van der Waals surface area contributed by atoms with Gasteiger partial charge >= 0.3 is 0 Å². The van der Waals surface area contributed by atoms with Gasteiger partial charge in [0.1, 0.15) is 5.69 Å². The lowest BCUT2D eigenvalue weighted by Gasteiger charge is -1.99. The van der Waals surface area contributed by atoms with Crippen LogP contribution in [0.2, 0.25) is 0 Å². The molecule has 0 saturated carbocycles. The Morgan fingerprint density at radius 1 is 1.33 bits per heavy atom. The van der Waals surface area contributed by atoms with E-state index in [1.807, 2.05) is 6.08 Å². The molecule has 15 heavy (non-hydrogen) atoms. The van der Waals surface area contributed by atoms with Gasteiger partial charge in [-0.05, 0) is 19.3 Å². The summed E-state index contributed by atoms with van der Waals surface area (Å²) in [6, 6.07) is 0. The minimum absolute atomic E-state index is 0.0849. The van der Waals surface area contributed by atoms with Crippen LogP contribution in [-0.4, -0.2) is 15.8 Å². The molecule has 0 N–H and O–H groups in total. The smallest absolute Gasteiger partial charge is 0.182 e. The molecule has 0 saturated heterocycles. The number of unbranched alkanes of at least 4 members (excludes halogenated alkanes) is 3. The molecule has 0 atom stereocenters. The predicted molar refractivity (Wildman–Crippen MR) is 59.6 cm³/mol. The minimum Gasteiger partial charge on any atom is -0.292 e. The maximum Gasteiger partial charge on any atom is 0.182 e. The highest BCUT2D eigenvalue weighted by Gasteiger charge is 2.05. The van der Waals surface area contributed by atoms with Gasteiger partial charge in [-0.15, -0.1) is 6.58 Å². The van der Waals surface area contributed by atoms with Crippen LogP contribution in [0.15, 0.2) is 31.2 Å². The average molecular weight is 204 g/mol. The van der Waals surface area contributed by atoms with Crippen molar-refractivity contribution in [2.24, 2.45) is 0 Å². The van der Waals surface area contributed by atoms with Gasteiger partial charge in [0.05, 0.1) is 6.20 Å². The Morgan fingerprint density at radius 3 is 2.87 bits per heavy atom. The maximum atomic E-state index is 11.6. The van der Waals surface area contributed by atoms with E-state index in [9.17, 15) is 4.79 Å². The Hall–Kier alpha value is -1.51. The number of aromatic nitrogens is 2. The summed E-state index contributed by atoms with van der Waals surface area (Å²) in [5.41, 5.74) is 0.473. The van der Waals surface area contributed by atoms with E-state index in [1.54, 1.807) is 12.4 Å². The quantitative estimate of drug-likeness (QED) is 0.389. The molecular formula is C12H16N2O. The lowest BCUT2D eigenvalue weighted by molar-refractivity contribution is 0.0974. The van der Waals surface area contributed by atoms with Crippen molar-refractivity contribution in [3.8, 4) is 0 Å². The highest BCUT2D eigenvalue weighted by molar-refractivity contribution is 5.93. The van der Waals surface area contributed by atoms with Crippen molar-refractivity contribution >= 4 is 5.78 Å². The van der Waals surface area contributed by atoms with Crippen molar-refractivity contribution in [3.63, 3.8) is 0 Å². The summed E-state index contributed by atoms with van der Waals surface area (Å²) in [5, 5.41) is 0. The number of carbonyl (C=O) groups is 1. The lowest BCUT2D eigenvalue weighted by atomic mass is 10.1. The molecule has 1 aromatic heterocycles. The summed E-state index contributed by atoms with van der Waals surface area (Å²) in [6.07, 6.45) is 11.2. The maximum absolute atomic E-state index is 11.6. The Balaban J connectivity index is 2.22. The SMILES string of the molecule is C=CCCCCCC(=O)c1cnccn1. The van der Waals surface area contributed by atoms with Gasteiger partial charge in [0, 0.05) is 18.8 Å². The van der Waals surface area contributed by atoms with E-state index in [4.69, 9.17) is 0 Å². The topological polar surface area (TPSA) is 42.9 Å². The lowest BCUT2D eigenvalue weighted by Crippen LogP contribution is -2.02. The molecule has 0 fully saturated rings. The minimum atomic E-state index is 0.0849. The third kappa shape index (κ3) is 4.49. The van der Waals surface area contributed by atoms with E-state index in [-0.39, 0.29) is 5.78 Å². The first-order valence-corrected chi connectivity index (χ1v) is 5.24. The molecule has 80 valence electrons. The van der Waals surface area contributed by atoms with Crippen LogP contribution >= 0.6 is 0 Å². The zero-order chi connectivity index (χ0) is 10.9. The third-order valence-corrected chi connectivity index (χ3v) is 2.16. The van der Waals surface area contributed by atoms with Gasteiger partial charge in [-0.25, -0.2) is 4.98 Å². The van der Waals surface area contributed by atoms with E-state index in [0.29, 0.717) is 12.1 Å². The molecule has 0 radical (unpaired) electrons. The molecule has 3 heteroatoms. The Kier molecular flexibility index (Phi) is 5.30. The zero-order valence-corrected chi connectivity index (χ0v) is 8.85. The van der Waals surface area contributed by atoms with E-state index in [1.165, 1.54) is 6.20 Å². The summed E-state index contributed by atoms with van der Waals surface area (Å²) >= 11 is 0. The van der Waals surface area contributed by atoms with Gasteiger partial charge < -0.3 is 0 Å². The van der Waals surface area contributed by atoms with Crippen LogP contribution in [0.25, 0.3) is 0 Å². The van der Waals surface area contributed by atoms with Crippen molar-refractivity contribution in [2.45, 2.75) is 32.1 Å². The second-order valence-electron chi connectivity index (χ2n) is 3.40. The number of hydrogen-bond acceptors (Lipinski definition) is 3. The molecule has 0 aliphatic rings. The van der Waals surface area contributed by atoms with Gasteiger partial charge in [0.2, 0.25) is 0 Å². The largest absolute Gasteiger partial charge is 0.292 e. The second-order valence-corrected chi connectivity index (χ2v) is 3.40. The number of allylic oxidation sites excluding steroid dienone is 1. The number of Topliss-reactive ketones (excluding diaryl/α,β-unsaturated/α-hetero) is 1. The van der Waals surface area contributed by atoms with Crippen molar-refractivity contribution in [2.75, 3.05) is 0 Å². The summed E-state index contributed by atoms with van der Waals surface area (Å²) in [4.78, 5) is 19.4. The summed E-state index contributed by atoms with van der Waals surface area (Å²) in [5.74, 6) is 0.0849. The highest BCUT2D eigenvalue weighted by Crippen LogP contribution is 2.06. The fraction of sp³-hybridized carbons (Fsp3) is 0.417. The third-order valence-electron chi connectivity index (χ3n) is 2.16. The van der Waals surface area contributed by atoms with Crippen molar-refractivity contribution in [3.05, 3.63) is 36.9 Å². The van der Waals surface area contributed by atoms with Gasteiger partial charge in [-0.2, -0.15) is 0 Å². The summed E-state index contributed by atoms with van der Waals surface area (Å²) in [6.45, 7) is 3.66. The molecule has 3 nitrogen and oxygen atoms in total. The fourth-order valence-electron chi connectivity index (χ4n) is 1.32. The van der Waals surface area contributed by atoms with E-state index in [0.717, 1.165) is 25.7 Å². The van der Waals surface area contributed by atoms with Crippen LogP contribution in [-0.2, 0) is 0 Å². The first kappa shape index (κ1) is 11.6. The van der Waals surface area contributed by atoms with Crippen LogP contribution < -0.4 is 0 Å². The molecular weight excluding hydrogens is 188 g/mol. The van der Waals surface area contributed by atoms with Crippen molar-refractivity contribution < 1.29 is 4.79 Å². The molecule has 0 amide bonds. The number of nitrogens with zero attached hydrogens (tertiary/aromatic N) is 2. The van der Waals surface area contributed by atoms with Gasteiger partial charge in [0.25, 0.3) is 0 Å². The van der Waals surface area contributed by atoms with E-state index in [2.05, 4.69) is 16.5 Å². The molecule has 0 spiro atoms. The molecule has 0 aromatic carbocycles. The number of ketones is 1. The van der Waals surface area contributed by atoms with Crippen LogP contribution in [0.5, 0.6) is 0 Å². The van der Waals surface area contributed by atoms with Crippen LogP contribution in [0.1, 0.15) is 42.6 Å². The van der Waals surface area contributed by atoms with Gasteiger partial charge in [0.15, 0.2) is 5.78 Å². The highest BCUT2D eigenvalue weighted by atomic mass is 16.1. The Labute approximate surface area is 90.3 Å². The molecule has 0 unspecified atom stereocenters. The molecule has 0 aliphatic carbocycles. The summed E-state index contributed by atoms with van der Waals surface area (Å²) in [7, 11) is 0. The van der Waals surface area contributed by atoms with Gasteiger partial charge in [-0.3, -0.25) is 9.78 Å². The Morgan fingerprint density at radius 2 is 2.20 bits per heavy atom. The first-order chi connectivity index (χ1) is 7.34. The van der Waals surface area contributed by atoms with E-state index >= 15 is 0 Å². The second kappa shape index (κ2) is 6.87. The van der Waals surface area contributed by atoms with Crippen molar-refractivity contribution in [1.29, 1.82) is 0 Å². The molecule has 0 bridgehead atoms. The fourth-order valence-corrected chi connectivity index (χ4v) is 1.32. The van der Waals surface area contributed by atoms with Gasteiger partial charge in [-0.1, -0.05) is 12.5 Å². The molecule has 1 rings (SSSR count). The molecule has 1 aromatic rings. The Bertz CT molecular complexity index is 309. The molecule has 0 aliphatic heterocycles. The zero-order valence-electron chi connectivity index (χ0n) is 8.85. The van der Waals surface area contributed by atoms with Crippen LogP contribution in [0, 0.1) is 0 Å².